The number of nitrogens with zero attached hydrogens (tertiary/aromatic N) is 2. The van der Waals surface area contributed by atoms with Crippen molar-refractivity contribution in [2.24, 2.45) is 5.92 Å². The first-order chi connectivity index (χ1) is 16.1. The Morgan fingerprint density at radius 3 is 2.76 bits per heavy atom. The van der Waals surface area contributed by atoms with Crippen LogP contribution in [0.5, 0.6) is 17.2 Å². The lowest BCUT2D eigenvalue weighted by molar-refractivity contribution is -0.126. The van der Waals surface area contributed by atoms with E-state index in [1.807, 2.05) is 44.2 Å². The molecular formula is C25H29N3O4S. The molecule has 1 amide bonds. The fraction of sp³-hybridized carbons (Fsp3) is 0.440. The molecule has 2 aliphatic rings. The number of fused-ring (bicyclic) bond motifs is 2. The van der Waals surface area contributed by atoms with Gasteiger partial charge >= 0.3 is 0 Å². The maximum Gasteiger partial charge on any atom is 0.223 e. The maximum absolute atomic E-state index is 12.9. The Bertz CT molecular complexity index is 1140. The smallest absolute Gasteiger partial charge is 0.223 e. The Hall–Kier alpha value is -3.00. The van der Waals surface area contributed by atoms with Crippen molar-refractivity contribution in [2.45, 2.75) is 32.7 Å². The molecule has 174 valence electrons. The van der Waals surface area contributed by atoms with Crippen molar-refractivity contribution in [1.29, 1.82) is 0 Å². The molecule has 0 bridgehead atoms. The van der Waals surface area contributed by atoms with Gasteiger partial charge in [0.15, 0.2) is 16.6 Å². The van der Waals surface area contributed by atoms with Gasteiger partial charge in [0.2, 0.25) is 5.91 Å². The van der Waals surface area contributed by atoms with Crippen LogP contribution in [0.3, 0.4) is 0 Å². The van der Waals surface area contributed by atoms with E-state index in [4.69, 9.17) is 19.2 Å². The number of carbonyl (C=O) groups excluding carboxylic acids is 1. The molecule has 33 heavy (non-hydrogen) atoms. The van der Waals surface area contributed by atoms with Crippen LogP contribution in [-0.4, -0.2) is 43.8 Å². The van der Waals surface area contributed by atoms with Crippen LogP contribution in [0.15, 0.2) is 36.4 Å². The Kier molecular flexibility index (Phi) is 6.26. The number of thiazole rings is 1. The van der Waals surface area contributed by atoms with Gasteiger partial charge in [-0.3, -0.25) is 4.79 Å². The molecule has 1 aromatic heterocycles. The summed E-state index contributed by atoms with van der Waals surface area (Å²) in [4.78, 5) is 20.0. The van der Waals surface area contributed by atoms with Gasteiger partial charge in [-0.1, -0.05) is 17.4 Å². The second kappa shape index (κ2) is 9.47. The lowest BCUT2D eigenvalue weighted by atomic mass is 9.95. The molecule has 0 saturated carbocycles. The molecule has 2 aliphatic heterocycles. The highest BCUT2D eigenvalue weighted by Crippen LogP contribution is 2.35. The Balaban J connectivity index is 1.18. The monoisotopic (exact) mass is 467 g/mol. The van der Waals surface area contributed by atoms with Crippen LogP contribution in [0.2, 0.25) is 0 Å². The van der Waals surface area contributed by atoms with Crippen LogP contribution in [0.4, 0.5) is 5.13 Å². The number of amides is 1. The van der Waals surface area contributed by atoms with E-state index in [2.05, 4.69) is 16.3 Å². The average molecular weight is 468 g/mol. The first-order valence-electron chi connectivity index (χ1n) is 11.6. The van der Waals surface area contributed by atoms with Gasteiger partial charge in [0.1, 0.15) is 19.0 Å². The molecule has 1 fully saturated rings. The van der Waals surface area contributed by atoms with E-state index in [1.54, 1.807) is 11.3 Å². The number of rotatable bonds is 6. The molecule has 0 spiro atoms. The molecule has 3 heterocycles. The molecule has 1 saturated heterocycles. The van der Waals surface area contributed by atoms with Gasteiger partial charge in [0.05, 0.1) is 22.9 Å². The highest BCUT2D eigenvalue weighted by molar-refractivity contribution is 7.22. The zero-order valence-electron chi connectivity index (χ0n) is 19.0. The second-order valence-corrected chi connectivity index (χ2v) is 9.46. The van der Waals surface area contributed by atoms with Gasteiger partial charge in [-0.25, -0.2) is 4.98 Å². The van der Waals surface area contributed by atoms with E-state index in [0.717, 1.165) is 64.1 Å². The summed E-state index contributed by atoms with van der Waals surface area (Å²) in [5.74, 6) is 2.52. The minimum atomic E-state index is -0.0878. The third-order valence-electron chi connectivity index (χ3n) is 6.22. The molecule has 3 aromatic rings. The molecule has 8 heteroatoms. The van der Waals surface area contributed by atoms with Crippen molar-refractivity contribution in [3.05, 3.63) is 42.0 Å². The van der Waals surface area contributed by atoms with Crippen LogP contribution in [0.1, 0.15) is 38.3 Å². The third-order valence-corrected chi connectivity index (χ3v) is 7.30. The molecule has 1 atom stereocenters. The quantitative estimate of drug-likeness (QED) is 0.573. The predicted octanol–water partition coefficient (Wildman–Crippen LogP) is 4.56. The van der Waals surface area contributed by atoms with Gasteiger partial charge in [-0.15, -0.1) is 0 Å². The van der Waals surface area contributed by atoms with Crippen LogP contribution >= 0.6 is 11.3 Å². The summed E-state index contributed by atoms with van der Waals surface area (Å²) >= 11 is 1.68. The van der Waals surface area contributed by atoms with E-state index in [1.165, 1.54) is 0 Å². The first kappa shape index (κ1) is 21.8. The summed E-state index contributed by atoms with van der Waals surface area (Å²) in [5.41, 5.74) is 2.01. The molecule has 2 aromatic carbocycles. The van der Waals surface area contributed by atoms with Crippen LogP contribution in [-0.2, 0) is 4.79 Å². The number of aromatic nitrogens is 1. The first-order valence-corrected chi connectivity index (χ1v) is 12.4. The van der Waals surface area contributed by atoms with Crippen molar-refractivity contribution in [2.75, 3.05) is 37.8 Å². The summed E-state index contributed by atoms with van der Waals surface area (Å²) in [5, 5.41) is 4.20. The molecule has 1 N–H and O–H groups in total. The molecule has 0 unspecified atom stereocenters. The largest absolute Gasteiger partial charge is 0.494 e. The lowest BCUT2D eigenvalue weighted by Crippen LogP contribution is -2.41. The summed E-state index contributed by atoms with van der Waals surface area (Å²) in [6, 6.07) is 11.8. The molecule has 5 rings (SSSR count). The van der Waals surface area contributed by atoms with Gasteiger partial charge in [0, 0.05) is 19.0 Å². The molecule has 0 radical (unpaired) electrons. The standard InChI is InChI=1S/C25H29N3O4S/c1-3-30-19-5-6-20-23(15-19)33-25(27-20)28-10-8-17(9-11-28)24(29)26-16(2)18-4-7-21-22(14-18)32-13-12-31-21/h4-7,14-17H,3,8-13H2,1-2H3,(H,26,29)/t16-/m0/s1. The van der Waals surface area contributed by atoms with Gasteiger partial charge in [0.25, 0.3) is 0 Å². The van der Waals surface area contributed by atoms with Gasteiger partial charge in [-0.05, 0) is 62.6 Å². The highest BCUT2D eigenvalue weighted by Gasteiger charge is 2.27. The summed E-state index contributed by atoms with van der Waals surface area (Å²) < 4.78 is 18.0. The van der Waals surface area contributed by atoms with Crippen molar-refractivity contribution < 1.29 is 19.0 Å². The number of ether oxygens (including phenoxy) is 3. The number of anilines is 1. The van der Waals surface area contributed by atoms with E-state index >= 15 is 0 Å². The zero-order chi connectivity index (χ0) is 22.8. The minimum absolute atomic E-state index is 0.0137. The Morgan fingerprint density at radius 2 is 1.97 bits per heavy atom. The normalized spacial score (nSPS) is 17.1. The SMILES string of the molecule is CCOc1ccc2nc(N3CCC(C(=O)N[C@@H](C)c4ccc5c(c4)OCCO5)CC3)sc2c1. The third kappa shape index (κ3) is 4.71. The van der Waals surface area contributed by atoms with Gasteiger partial charge < -0.3 is 24.4 Å². The fourth-order valence-electron chi connectivity index (χ4n) is 4.36. The van der Waals surface area contributed by atoms with Crippen LogP contribution in [0.25, 0.3) is 10.2 Å². The Morgan fingerprint density at radius 1 is 1.18 bits per heavy atom. The summed E-state index contributed by atoms with van der Waals surface area (Å²) in [6.45, 7) is 7.43. The second-order valence-electron chi connectivity index (χ2n) is 8.45. The number of carbonyl (C=O) groups is 1. The van der Waals surface area contributed by atoms with E-state index in [9.17, 15) is 4.79 Å². The number of hydrogen-bond donors (Lipinski definition) is 1. The topological polar surface area (TPSA) is 72.9 Å². The fourth-order valence-corrected chi connectivity index (χ4v) is 5.41. The van der Waals surface area contributed by atoms with Crippen molar-refractivity contribution in [3.8, 4) is 17.2 Å². The molecular weight excluding hydrogens is 438 g/mol. The van der Waals surface area contributed by atoms with E-state index in [-0.39, 0.29) is 17.9 Å². The van der Waals surface area contributed by atoms with E-state index < -0.39 is 0 Å². The number of nitrogens with one attached hydrogen (secondary N) is 1. The van der Waals surface area contributed by atoms with Crippen molar-refractivity contribution in [1.82, 2.24) is 10.3 Å². The highest BCUT2D eigenvalue weighted by atomic mass is 32.1. The van der Waals surface area contributed by atoms with E-state index in [0.29, 0.717) is 19.8 Å². The lowest BCUT2D eigenvalue weighted by Gasteiger charge is -2.31. The summed E-state index contributed by atoms with van der Waals surface area (Å²) in [6.07, 6.45) is 1.64. The Labute approximate surface area is 197 Å². The van der Waals surface area contributed by atoms with Crippen molar-refractivity contribution in [3.63, 3.8) is 0 Å². The van der Waals surface area contributed by atoms with Crippen LogP contribution < -0.4 is 24.4 Å². The van der Waals surface area contributed by atoms with Gasteiger partial charge in [-0.2, -0.15) is 0 Å². The maximum atomic E-state index is 12.9. The summed E-state index contributed by atoms with van der Waals surface area (Å²) in [7, 11) is 0. The van der Waals surface area contributed by atoms with Crippen molar-refractivity contribution >= 4 is 32.6 Å². The number of piperidine rings is 1. The predicted molar refractivity (Wildman–Crippen MR) is 130 cm³/mol. The van der Waals surface area contributed by atoms with Crippen LogP contribution in [0, 0.1) is 5.92 Å². The molecule has 7 nitrogen and oxygen atoms in total. The molecule has 0 aliphatic carbocycles. The zero-order valence-corrected chi connectivity index (χ0v) is 19.8. The minimum Gasteiger partial charge on any atom is -0.494 e. The number of hydrogen-bond acceptors (Lipinski definition) is 7. The average Bonchev–Trinajstić information content (AvgIpc) is 3.27. The number of benzene rings is 2.